The van der Waals surface area contributed by atoms with E-state index in [-0.39, 0.29) is 18.6 Å². The maximum atomic E-state index is 12.6. The first kappa shape index (κ1) is 17.2. The highest BCUT2D eigenvalue weighted by Gasteiger charge is 2.43. The van der Waals surface area contributed by atoms with Crippen LogP contribution in [0, 0.1) is 5.92 Å². The summed E-state index contributed by atoms with van der Waals surface area (Å²) in [6.45, 7) is 3.98. The van der Waals surface area contributed by atoms with Gasteiger partial charge in [-0.2, -0.15) is 0 Å². The first-order chi connectivity index (χ1) is 10.3. The molecule has 1 heterocycles. The number of carbonyl (C=O) groups excluding carboxylic acids is 2. The quantitative estimate of drug-likeness (QED) is 0.802. The van der Waals surface area contributed by atoms with Crippen molar-refractivity contribution >= 4 is 39.5 Å². The fourth-order valence-corrected chi connectivity index (χ4v) is 3.07. The van der Waals surface area contributed by atoms with Crippen molar-refractivity contribution in [3.63, 3.8) is 0 Å². The van der Waals surface area contributed by atoms with Crippen molar-refractivity contribution in [2.75, 3.05) is 6.61 Å². The second-order valence-electron chi connectivity index (χ2n) is 5.46. The van der Waals surface area contributed by atoms with Gasteiger partial charge in [0.2, 0.25) is 5.91 Å². The molecule has 2 amide bonds. The van der Waals surface area contributed by atoms with Crippen LogP contribution >= 0.6 is 27.5 Å². The second kappa shape index (κ2) is 6.98. The highest BCUT2D eigenvalue weighted by molar-refractivity contribution is 9.10. The van der Waals surface area contributed by atoms with Gasteiger partial charge in [0.15, 0.2) is 0 Å². The van der Waals surface area contributed by atoms with Crippen LogP contribution in [0.2, 0.25) is 5.02 Å². The Labute approximate surface area is 142 Å². The van der Waals surface area contributed by atoms with Crippen LogP contribution in [0.4, 0.5) is 4.79 Å². The first-order valence-corrected chi connectivity index (χ1v) is 8.20. The Kier molecular flexibility index (Phi) is 5.47. The minimum atomic E-state index is -1.16. The Bertz CT molecular complexity index is 580. The number of nitrogens with zero attached hydrogens (tertiary/aromatic N) is 1. The molecule has 1 saturated heterocycles. The van der Waals surface area contributed by atoms with Crippen LogP contribution in [0.15, 0.2) is 24.3 Å². The molecule has 1 aromatic rings. The number of carbonyl (C=O) groups is 2. The topological polar surface area (TPSA) is 66.8 Å². The third-order valence-electron chi connectivity index (χ3n) is 3.65. The Morgan fingerprint density at radius 3 is 2.68 bits per heavy atom. The number of amides is 2. The summed E-state index contributed by atoms with van der Waals surface area (Å²) in [6.07, 6.45) is -1.85. The number of aliphatic hydroxyl groups is 1. The highest BCUT2D eigenvalue weighted by Crippen LogP contribution is 2.31. The number of ether oxygens (including phenoxy) is 1. The maximum Gasteiger partial charge on any atom is 0.417 e. The van der Waals surface area contributed by atoms with Gasteiger partial charge in [0, 0.05) is 10.6 Å². The second-order valence-corrected chi connectivity index (χ2v) is 6.86. The summed E-state index contributed by atoms with van der Waals surface area (Å²) in [6, 6.07) is 6.38. The van der Waals surface area contributed by atoms with Crippen molar-refractivity contribution in [3.8, 4) is 0 Å². The molecule has 2 rings (SSSR count). The average molecular weight is 391 g/mol. The fraction of sp³-hybridized carbons (Fsp3) is 0.467. The van der Waals surface area contributed by atoms with Crippen molar-refractivity contribution in [1.29, 1.82) is 0 Å². The van der Waals surface area contributed by atoms with Crippen LogP contribution in [0.25, 0.3) is 0 Å². The molecule has 0 spiro atoms. The maximum absolute atomic E-state index is 12.6. The number of rotatable bonds is 4. The predicted molar refractivity (Wildman–Crippen MR) is 85.9 cm³/mol. The molecule has 7 heteroatoms. The van der Waals surface area contributed by atoms with Gasteiger partial charge in [-0.25, -0.2) is 9.69 Å². The van der Waals surface area contributed by atoms with Crippen molar-refractivity contribution in [1.82, 2.24) is 4.90 Å². The van der Waals surface area contributed by atoms with E-state index in [4.69, 9.17) is 16.3 Å². The van der Waals surface area contributed by atoms with E-state index in [0.717, 1.165) is 4.90 Å². The van der Waals surface area contributed by atoms with Crippen LogP contribution in [-0.4, -0.2) is 39.5 Å². The van der Waals surface area contributed by atoms with Crippen molar-refractivity contribution in [2.45, 2.75) is 30.8 Å². The van der Waals surface area contributed by atoms with E-state index in [2.05, 4.69) is 15.9 Å². The van der Waals surface area contributed by atoms with Crippen molar-refractivity contribution < 1.29 is 19.4 Å². The van der Waals surface area contributed by atoms with Crippen LogP contribution in [0.1, 0.15) is 25.5 Å². The normalized spacial score (nSPS) is 20.9. The van der Waals surface area contributed by atoms with Gasteiger partial charge in [-0.3, -0.25) is 4.79 Å². The number of imide groups is 1. The molecule has 1 aliphatic rings. The van der Waals surface area contributed by atoms with Gasteiger partial charge >= 0.3 is 6.09 Å². The highest BCUT2D eigenvalue weighted by atomic mass is 79.9. The van der Waals surface area contributed by atoms with Crippen molar-refractivity contribution in [3.05, 3.63) is 34.9 Å². The molecular weight excluding hydrogens is 374 g/mol. The standard InChI is InChI=1S/C15H17BrClNO4/c1-8(2)11-7-22-15(21)18(11)14(20)12(16)13(19)9-5-3-4-6-10(9)17/h3-6,8,11-13,19H,7H2,1-2H3/t11-,12+,13+/m1/s1. The monoisotopic (exact) mass is 389 g/mol. The summed E-state index contributed by atoms with van der Waals surface area (Å²) in [5.74, 6) is -0.471. The molecule has 0 aromatic heterocycles. The molecule has 1 aliphatic heterocycles. The molecule has 0 bridgehead atoms. The number of hydrogen-bond acceptors (Lipinski definition) is 4. The zero-order valence-electron chi connectivity index (χ0n) is 12.2. The Morgan fingerprint density at radius 2 is 2.09 bits per heavy atom. The van der Waals surface area contributed by atoms with Crippen LogP contribution < -0.4 is 0 Å². The largest absolute Gasteiger partial charge is 0.447 e. The Morgan fingerprint density at radius 1 is 1.45 bits per heavy atom. The molecule has 22 heavy (non-hydrogen) atoms. The molecule has 0 aliphatic carbocycles. The van der Waals surface area contributed by atoms with Gasteiger partial charge < -0.3 is 9.84 Å². The average Bonchev–Trinajstić information content (AvgIpc) is 2.87. The molecule has 1 fully saturated rings. The lowest BCUT2D eigenvalue weighted by Gasteiger charge is -2.26. The Balaban J connectivity index is 2.21. The fourth-order valence-electron chi connectivity index (χ4n) is 2.32. The summed E-state index contributed by atoms with van der Waals surface area (Å²) < 4.78 is 4.96. The summed E-state index contributed by atoms with van der Waals surface area (Å²) >= 11 is 9.22. The van der Waals surface area contributed by atoms with E-state index in [0.29, 0.717) is 10.6 Å². The number of halogens is 2. The summed E-state index contributed by atoms with van der Waals surface area (Å²) in [5.41, 5.74) is 0.424. The smallest absolute Gasteiger partial charge is 0.417 e. The van der Waals surface area contributed by atoms with E-state index in [1.54, 1.807) is 24.3 Å². The van der Waals surface area contributed by atoms with Gasteiger partial charge in [0.1, 0.15) is 17.5 Å². The number of alkyl halides is 1. The van der Waals surface area contributed by atoms with Gasteiger partial charge in [-0.1, -0.05) is 59.6 Å². The van der Waals surface area contributed by atoms with E-state index >= 15 is 0 Å². The van der Waals surface area contributed by atoms with Crippen LogP contribution in [0.3, 0.4) is 0 Å². The van der Waals surface area contributed by atoms with Crippen LogP contribution in [-0.2, 0) is 9.53 Å². The minimum Gasteiger partial charge on any atom is -0.447 e. The molecule has 0 radical (unpaired) electrons. The SMILES string of the molecule is CC(C)[C@H]1COC(=O)N1C(=O)[C@@H](Br)[C@@H](O)c1ccccc1Cl. The molecule has 0 unspecified atom stereocenters. The zero-order chi connectivity index (χ0) is 16.4. The minimum absolute atomic E-state index is 0.0626. The molecular formula is C15H17BrClNO4. The third kappa shape index (κ3) is 3.29. The molecule has 3 atom stereocenters. The number of hydrogen-bond donors (Lipinski definition) is 1. The lowest BCUT2D eigenvalue weighted by atomic mass is 10.0. The zero-order valence-corrected chi connectivity index (χ0v) is 14.5. The lowest BCUT2D eigenvalue weighted by Crippen LogP contribution is -2.46. The molecule has 0 saturated carbocycles. The van der Waals surface area contributed by atoms with E-state index in [9.17, 15) is 14.7 Å². The van der Waals surface area contributed by atoms with Gasteiger partial charge in [-0.15, -0.1) is 0 Å². The lowest BCUT2D eigenvalue weighted by molar-refractivity contribution is -0.130. The molecule has 5 nitrogen and oxygen atoms in total. The molecule has 1 aromatic carbocycles. The van der Waals surface area contributed by atoms with E-state index in [1.165, 1.54) is 0 Å². The first-order valence-electron chi connectivity index (χ1n) is 6.91. The van der Waals surface area contributed by atoms with Gasteiger partial charge in [0.05, 0.1) is 6.04 Å². The predicted octanol–water partition coefficient (Wildman–Crippen LogP) is 3.14. The number of benzene rings is 1. The summed E-state index contributed by atoms with van der Waals surface area (Å²) in [4.78, 5) is 24.5. The van der Waals surface area contributed by atoms with Crippen LogP contribution in [0.5, 0.6) is 0 Å². The third-order valence-corrected chi connectivity index (χ3v) is 4.89. The van der Waals surface area contributed by atoms with Gasteiger partial charge in [-0.05, 0) is 12.0 Å². The van der Waals surface area contributed by atoms with E-state index in [1.807, 2.05) is 13.8 Å². The van der Waals surface area contributed by atoms with Crippen molar-refractivity contribution in [2.24, 2.45) is 5.92 Å². The molecule has 1 N–H and O–H groups in total. The van der Waals surface area contributed by atoms with Gasteiger partial charge in [0.25, 0.3) is 0 Å². The summed E-state index contributed by atoms with van der Waals surface area (Å²) in [7, 11) is 0. The summed E-state index contributed by atoms with van der Waals surface area (Å²) in [5, 5.41) is 10.7. The number of cyclic esters (lactones) is 1. The molecule has 120 valence electrons. The Hall–Kier alpha value is -1.11. The van der Waals surface area contributed by atoms with E-state index < -0.39 is 22.9 Å². The number of aliphatic hydroxyl groups excluding tert-OH is 1.